The van der Waals surface area contributed by atoms with E-state index in [1.165, 1.54) is 18.9 Å². The van der Waals surface area contributed by atoms with E-state index in [-0.39, 0.29) is 5.82 Å². The van der Waals surface area contributed by atoms with Crippen LogP contribution >= 0.6 is 0 Å². The molecule has 1 aliphatic carbocycles. The summed E-state index contributed by atoms with van der Waals surface area (Å²) in [4.78, 5) is 0. The first-order chi connectivity index (χ1) is 6.79. The van der Waals surface area contributed by atoms with E-state index in [1.807, 2.05) is 6.92 Å². The van der Waals surface area contributed by atoms with Crippen LogP contribution in [0, 0.1) is 11.7 Å². The molecule has 0 spiro atoms. The Morgan fingerprint density at radius 1 is 1.43 bits per heavy atom. The maximum atomic E-state index is 13.1. The van der Waals surface area contributed by atoms with Crippen molar-refractivity contribution < 1.29 is 9.13 Å². The standard InChI is InChI=1S/C12H15FO/c1-2-10-7-11(5-6-12(10)13)14-8-9-3-4-9/h5-7,9H,2-4,8H2,1H3. The summed E-state index contributed by atoms with van der Waals surface area (Å²) in [7, 11) is 0. The molecule has 1 nitrogen and oxygen atoms in total. The second-order valence-corrected chi connectivity index (χ2v) is 3.86. The minimum atomic E-state index is -0.133. The Labute approximate surface area is 83.9 Å². The van der Waals surface area contributed by atoms with Crippen molar-refractivity contribution in [2.24, 2.45) is 5.92 Å². The molecule has 2 heteroatoms. The fraction of sp³-hybridized carbons (Fsp3) is 0.500. The first-order valence-electron chi connectivity index (χ1n) is 5.21. The van der Waals surface area contributed by atoms with Crippen LogP contribution in [-0.2, 0) is 6.42 Å². The molecular weight excluding hydrogens is 179 g/mol. The Morgan fingerprint density at radius 3 is 2.86 bits per heavy atom. The first kappa shape index (κ1) is 9.50. The fourth-order valence-electron chi connectivity index (χ4n) is 1.41. The van der Waals surface area contributed by atoms with Crippen molar-refractivity contribution in [2.45, 2.75) is 26.2 Å². The average Bonchev–Trinajstić information content (AvgIpc) is 3.00. The lowest BCUT2D eigenvalue weighted by Gasteiger charge is -2.07. The minimum absolute atomic E-state index is 0.133. The van der Waals surface area contributed by atoms with Crippen LogP contribution in [0.15, 0.2) is 18.2 Å². The van der Waals surface area contributed by atoms with Gasteiger partial charge in [0.2, 0.25) is 0 Å². The van der Waals surface area contributed by atoms with Crippen LogP contribution in [0.2, 0.25) is 0 Å². The highest BCUT2D eigenvalue weighted by molar-refractivity contribution is 5.29. The number of rotatable bonds is 4. The molecule has 1 aromatic carbocycles. The van der Waals surface area contributed by atoms with Gasteiger partial charge in [-0.05, 0) is 48.9 Å². The molecule has 1 aromatic rings. The van der Waals surface area contributed by atoms with Crippen molar-refractivity contribution in [3.63, 3.8) is 0 Å². The number of hydrogen-bond donors (Lipinski definition) is 0. The molecule has 1 saturated carbocycles. The zero-order chi connectivity index (χ0) is 9.97. The van der Waals surface area contributed by atoms with Gasteiger partial charge in [-0.25, -0.2) is 4.39 Å². The van der Waals surface area contributed by atoms with E-state index >= 15 is 0 Å². The van der Waals surface area contributed by atoms with E-state index in [0.717, 1.165) is 23.8 Å². The highest BCUT2D eigenvalue weighted by Crippen LogP contribution is 2.29. The van der Waals surface area contributed by atoms with Crippen molar-refractivity contribution in [1.82, 2.24) is 0 Å². The average molecular weight is 194 g/mol. The molecule has 0 N–H and O–H groups in total. The Balaban J connectivity index is 2.01. The van der Waals surface area contributed by atoms with Crippen LogP contribution in [0.4, 0.5) is 4.39 Å². The molecule has 0 atom stereocenters. The maximum Gasteiger partial charge on any atom is 0.126 e. The van der Waals surface area contributed by atoms with Gasteiger partial charge in [-0.15, -0.1) is 0 Å². The molecule has 14 heavy (non-hydrogen) atoms. The Morgan fingerprint density at radius 2 is 2.21 bits per heavy atom. The van der Waals surface area contributed by atoms with Crippen LogP contribution in [0.5, 0.6) is 5.75 Å². The molecule has 0 radical (unpaired) electrons. The van der Waals surface area contributed by atoms with Gasteiger partial charge in [0, 0.05) is 0 Å². The van der Waals surface area contributed by atoms with Gasteiger partial charge in [0.15, 0.2) is 0 Å². The lowest BCUT2D eigenvalue weighted by molar-refractivity contribution is 0.299. The fourth-order valence-corrected chi connectivity index (χ4v) is 1.41. The zero-order valence-electron chi connectivity index (χ0n) is 8.42. The van der Waals surface area contributed by atoms with Gasteiger partial charge in [-0.2, -0.15) is 0 Å². The zero-order valence-corrected chi connectivity index (χ0v) is 8.42. The summed E-state index contributed by atoms with van der Waals surface area (Å²) in [6, 6.07) is 5.00. The molecule has 0 saturated heterocycles. The first-order valence-corrected chi connectivity index (χ1v) is 5.21. The topological polar surface area (TPSA) is 9.23 Å². The van der Waals surface area contributed by atoms with Gasteiger partial charge in [0.1, 0.15) is 11.6 Å². The van der Waals surface area contributed by atoms with E-state index in [4.69, 9.17) is 4.74 Å². The van der Waals surface area contributed by atoms with Gasteiger partial charge in [-0.3, -0.25) is 0 Å². The lowest BCUT2D eigenvalue weighted by atomic mass is 10.1. The lowest BCUT2D eigenvalue weighted by Crippen LogP contribution is -2.00. The van der Waals surface area contributed by atoms with Crippen LogP contribution in [-0.4, -0.2) is 6.61 Å². The predicted molar refractivity (Wildman–Crippen MR) is 54.0 cm³/mol. The SMILES string of the molecule is CCc1cc(OCC2CC2)ccc1F. The van der Waals surface area contributed by atoms with Gasteiger partial charge in [-0.1, -0.05) is 6.92 Å². The Bertz CT molecular complexity index is 318. The summed E-state index contributed by atoms with van der Waals surface area (Å²) < 4.78 is 18.7. The second-order valence-electron chi connectivity index (χ2n) is 3.86. The Hall–Kier alpha value is -1.05. The molecule has 0 unspecified atom stereocenters. The largest absolute Gasteiger partial charge is 0.493 e. The minimum Gasteiger partial charge on any atom is -0.493 e. The quantitative estimate of drug-likeness (QED) is 0.715. The highest BCUT2D eigenvalue weighted by atomic mass is 19.1. The highest BCUT2D eigenvalue weighted by Gasteiger charge is 2.21. The smallest absolute Gasteiger partial charge is 0.126 e. The van der Waals surface area contributed by atoms with E-state index in [2.05, 4.69) is 0 Å². The molecule has 0 amide bonds. The third-order valence-electron chi connectivity index (χ3n) is 2.58. The molecule has 0 aromatic heterocycles. The second kappa shape index (κ2) is 3.99. The summed E-state index contributed by atoms with van der Waals surface area (Å²) in [6.07, 6.45) is 3.27. The number of benzene rings is 1. The molecular formula is C12H15FO. The number of halogens is 1. The number of ether oxygens (including phenoxy) is 1. The van der Waals surface area contributed by atoms with Gasteiger partial charge in [0.25, 0.3) is 0 Å². The van der Waals surface area contributed by atoms with E-state index < -0.39 is 0 Å². The summed E-state index contributed by atoms with van der Waals surface area (Å²) in [5, 5.41) is 0. The third-order valence-corrected chi connectivity index (χ3v) is 2.58. The molecule has 2 rings (SSSR count). The van der Waals surface area contributed by atoms with Crippen molar-refractivity contribution in [3.05, 3.63) is 29.6 Å². The van der Waals surface area contributed by atoms with Crippen LogP contribution in [0.3, 0.4) is 0 Å². The monoisotopic (exact) mass is 194 g/mol. The molecule has 76 valence electrons. The summed E-state index contributed by atoms with van der Waals surface area (Å²) in [5.74, 6) is 1.41. The van der Waals surface area contributed by atoms with Gasteiger partial charge >= 0.3 is 0 Å². The van der Waals surface area contributed by atoms with Crippen molar-refractivity contribution >= 4 is 0 Å². The Kier molecular flexibility index (Phi) is 2.71. The van der Waals surface area contributed by atoms with Crippen LogP contribution in [0.1, 0.15) is 25.3 Å². The summed E-state index contributed by atoms with van der Waals surface area (Å²) >= 11 is 0. The maximum absolute atomic E-state index is 13.1. The summed E-state index contributed by atoms with van der Waals surface area (Å²) in [5.41, 5.74) is 0.735. The molecule has 0 heterocycles. The van der Waals surface area contributed by atoms with Crippen molar-refractivity contribution in [2.75, 3.05) is 6.61 Å². The van der Waals surface area contributed by atoms with E-state index in [1.54, 1.807) is 12.1 Å². The number of aryl methyl sites for hydroxylation is 1. The van der Waals surface area contributed by atoms with Crippen molar-refractivity contribution in [3.8, 4) is 5.75 Å². The molecule has 1 fully saturated rings. The van der Waals surface area contributed by atoms with Crippen LogP contribution < -0.4 is 4.74 Å². The normalized spacial score (nSPS) is 15.6. The predicted octanol–water partition coefficient (Wildman–Crippen LogP) is 3.18. The molecule has 0 aliphatic heterocycles. The third kappa shape index (κ3) is 2.25. The number of hydrogen-bond acceptors (Lipinski definition) is 1. The van der Waals surface area contributed by atoms with E-state index in [9.17, 15) is 4.39 Å². The van der Waals surface area contributed by atoms with Gasteiger partial charge < -0.3 is 4.74 Å². The van der Waals surface area contributed by atoms with Crippen LogP contribution in [0.25, 0.3) is 0 Å². The van der Waals surface area contributed by atoms with Crippen molar-refractivity contribution in [1.29, 1.82) is 0 Å². The molecule has 0 bridgehead atoms. The summed E-state index contributed by atoms with van der Waals surface area (Å²) in [6.45, 7) is 2.73. The molecule has 1 aliphatic rings. The van der Waals surface area contributed by atoms with E-state index in [0.29, 0.717) is 6.42 Å². The van der Waals surface area contributed by atoms with Gasteiger partial charge in [0.05, 0.1) is 6.61 Å².